The number of nitrogens with two attached hydrogens (primary N) is 1. The number of aromatic nitrogens is 2. The number of hydrogen-bond donors (Lipinski definition) is 1. The topological polar surface area (TPSA) is 43.8 Å². The molecule has 1 unspecified atom stereocenters. The third-order valence-electron chi connectivity index (χ3n) is 3.08. The fourth-order valence-electron chi connectivity index (χ4n) is 2.44. The molecule has 0 aromatic carbocycles. The Balaban J connectivity index is 2.43. The van der Waals surface area contributed by atoms with Gasteiger partial charge in [-0.2, -0.15) is 0 Å². The van der Waals surface area contributed by atoms with E-state index in [9.17, 15) is 0 Å². The Morgan fingerprint density at radius 2 is 2.36 bits per heavy atom. The van der Waals surface area contributed by atoms with Gasteiger partial charge >= 0.3 is 0 Å². The van der Waals surface area contributed by atoms with Gasteiger partial charge in [0.2, 0.25) is 5.95 Å². The molecule has 2 N–H and O–H groups in total. The number of aryl methyl sites for hydroxylation is 1. The Labute approximate surface area is 85.3 Å². The second-order valence-corrected chi connectivity index (χ2v) is 4.25. The summed E-state index contributed by atoms with van der Waals surface area (Å²) in [5, 5.41) is 0. The van der Waals surface area contributed by atoms with Crippen LogP contribution in [-0.4, -0.2) is 9.55 Å². The molecule has 0 radical (unpaired) electrons. The third kappa shape index (κ3) is 1.41. The summed E-state index contributed by atoms with van der Waals surface area (Å²) in [5.74, 6) is 1.35. The number of imidazole rings is 1. The highest BCUT2D eigenvalue weighted by molar-refractivity contribution is 5.33. The molecular formula is C11H19N3. The van der Waals surface area contributed by atoms with Crippen LogP contribution in [0, 0.1) is 0 Å². The summed E-state index contributed by atoms with van der Waals surface area (Å²) >= 11 is 0. The fourth-order valence-corrected chi connectivity index (χ4v) is 2.44. The lowest BCUT2D eigenvalue weighted by molar-refractivity contribution is 0.532. The van der Waals surface area contributed by atoms with Gasteiger partial charge < -0.3 is 10.3 Å². The normalized spacial score (nSPS) is 20.9. The standard InChI is InChI=1S/C11H19N3/c1-3-7-14-10-8(2)5-4-6-9(10)13-11(14)12/h8H,3-7H2,1-2H3,(H2,12,13). The number of hydrogen-bond acceptors (Lipinski definition) is 2. The molecule has 1 heterocycles. The Morgan fingerprint density at radius 3 is 3.07 bits per heavy atom. The number of anilines is 1. The van der Waals surface area contributed by atoms with Crippen molar-refractivity contribution in [2.45, 2.75) is 52.0 Å². The van der Waals surface area contributed by atoms with Crippen molar-refractivity contribution in [1.82, 2.24) is 9.55 Å². The molecule has 0 saturated heterocycles. The Morgan fingerprint density at radius 1 is 1.57 bits per heavy atom. The number of rotatable bonds is 2. The van der Waals surface area contributed by atoms with E-state index >= 15 is 0 Å². The van der Waals surface area contributed by atoms with E-state index in [0.29, 0.717) is 11.9 Å². The van der Waals surface area contributed by atoms with E-state index < -0.39 is 0 Å². The van der Waals surface area contributed by atoms with Crippen molar-refractivity contribution in [3.05, 3.63) is 11.4 Å². The third-order valence-corrected chi connectivity index (χ3v) is 3.08. The van der Waals surface area contributed by atoms with E-state index in [1.54, 1.807) is 0 Å². The van der Waals surface area contributed by atoms with E-state index in [2.05, 4.69) is 23.4 Å². The predicted octanol–water partition coefficient (Wildman–Crippen LogP) is 2.32. The number of fused-ring (bicyclic) bond motifs is 1. The minimum atomic E-state index is 0.634. The summed E-state index contributed by atoms with van der Waals surface area (Å²) in [6, 6.07) is 0. The molecule has 2 rings (SSSR count). The summed E-state index contributed by atoms with van der Waals surface area (Å²) in [7, 11) is 0. The van der Waals surface area contributed by atoms with Gasteiger partial charge in [-0.05, 0) is 31.6 Å². The van der Waals surface area contributed by atoms with E-state index in [-0.39, 0.29) is 0 Å². The lowest BCUT2D eigenvalue weighted by atomic mass is 9.91. The van der Waals surface area contributed by atoms with E-state index in [4.69, 9.17) is 5.73 Å². The second-order valence-electron chi connectivity index (χ2n) is 4.25. The molecule has 1 aliphatic carbocycles. The zero-order valence-electron chi connectivity index (χ0n) is 9.08. The maximum atomic E-state index is 5.92. The molecule has 0 spiro atoms. The summed E-state index contributed by atoms with van der Waals surface area (Å²) in [6.45, 7) is 5.48. The van der Waals surface area contributed by atoms with Gasteiger partial charge in [-0.1, -0.05) is 13.8 Å². The minimum absolute atomic E-state index is 0.634. The average Bonchev–Trinajstić information content (AvgIpc) is 2.45. The maximum absolute atomic E-state index is 5.92. The smallest absolute Gasteiger partial charge is 0.200 e. The lowest BCUT2D eigenvalue weighted by Crippen LogP contribution is -2.13. The molecule has 0 amide bonds. The van der Waals surface area contributed by atoms with Gasteiger partial charge in [0.1, 0.15) is 0 Å². The molecule has 0 aliphatic heterocycles. The summed E-state index contributed by atoms with van der Waals surface area (Å²) in [5.41, 5.74) is 8.57. The quantitative estimate of drug-likeness (QED) is 0.783. The molecule has 1 aromatic rings. The summed E-state index contributed by atoms with van der Waals surface area (Å²) in [6.07, 6.45) is 4.78. The predicted molar refractivity (Wildman–Crippen MR) is 58.3 cm³/mol. The van der Waals surface area contributed by atoms with Crippen molar-refractivity contribution in [2.24, 2.45) is 0 Å². The van der Waals surface area contributed by atoms with E-state index in [1.807, 2.05) is 0 Å². The zero-order valence-corrected chi connectivity index (χ0v) is 9.08. The molecule has 1 aliphatic rings. The molecule has 1 aromatic heterocycles. The van der Waals surface area contributed by atoms with Crippen LogP contribution in [0.4, 0.5) is 5.95 Å². The van der Waals surface area contributed by atoms with Crippen molar-refractivity contribution in [3.63, 3.8) is 0 Å². The van der Waals surface area contributed by atoms with Gasteiger partial charge in [-0.3, -0.25) is 0 Å². The summed E-state index contributed by atoms with van der Waals surface area (Å²) in [4.78, 5) is 4.46. The van der Waals surface area contributed by atoms with E-state index in [1.165, 1.54) is 24.2 Å². The van der Waals surface area contributed by atoms with Crippen molar-refractivity contribution >= 4 is 5.95 Å². The molecule has 0 bridgehead atoms. The molecule has 3 heteroatoms. The largest absolute Gasteiger partial charge is 0.369 e. The van der Waals surface area contributed by atoms with Crippen LogP contribution in [0.3, 0.4) is 0 Å². The Kier molecular flexibility index (Phi) is 2.48. The molecule has 1 atom stereocenters. The average molecular weight is 193 g/mol. The first kappa shape index (κ1) is 9.56. The van der Waals surface area contributed by atoms with E-state index in [0.717, 1.165) is 19.4 Å². The van der Waals surface area contributed by atoms with Gasteiger partial charge in [0.25, 0.3) is 0 Å². The first-order valence-corrected chi connectivity index (χ1v) is 5.58. The van der Waals surface area contributed by atoms with Crippen molar-refractivity contribution in [1.29, 1.82) is 0 Å². The molecule has 3 nitrogen and oxygen atoms in total. The van der Waals surface area contributed by atoms with Crippen LogP contribution in [-0.2, 0) is 13.0 Å². The van der Waals surface area contributed by atoms with Crippen molar-refractivity contribution in [2.75, 3.05) is 5.73 Å². The first-order chi connectivity index (χ1) is 6.74. The zero-order chi connectivity index (χ0) is 10.1. The highest BCUT2D eigenvalue weighted by Crippen LogP contribution is 2.32. The van der Waals surface area contributed by atoms with Gasteiger partial charge in [0.05, 0.1) is 5.69 Å². The lowest BCUT2D eigenvalue weighted by Gasteiger charge is -2.20. The SMILES string of the molecule is CCCn1c(N)nc2c1C(C)CCC2. The number of nitrogens with zero attached hydrogens (tertiary/aromatic N) is 2. The van der Waals surface area contributed by atoms with Gasteiger partial charge in [-0.25, -0.2) is 4.98 Å². The van der Waals surface area contributed by atoms with Crippen LogP contribution in [0.15, 0.2) is 0 Å². The minimum Gasteiger partial charge on any atom is -0.369 e. The van der Waals surface area contributed by atoms with Crippen LogP contribution < -0.4 is 5.73 Å². The molecule has 0 saturated carbocycles. The molecule has 0 fully saturated rings. The van der Waals surface area contributed by atoms with Crippen LogP contribution in [0.2, 0.25) is 0 Å². The molecule has 14 heavy (non-hydrogen) atoms. The van der Waals surface area contributed by atoms with Crippen molar-refractivity contribution < 1.29 is 0 Å². The molecule has 78 valence electrons. The molecular weight excluding hydrogens is 174 g/mol. The highest BCUT2D eigenvalue weighted by atomic mass is 15.2. The van der Waals surface area contributed by atoms with Crippen LogP contribution in [0.1, 0.15) is 50.4 Å². The van der Waals surface area contributed by atoms with Gasteiger partial charge in [0, 0.05) is 12.2 Å². The highest BCUT2D eigenvalue weighted by Gasteiger charge is 2.23. The van der Waals surface area contributed by atoms with Crippen LogP contribution in [0.5, 0.6) is 0 Å². The van der Waals surface area contributed by atoms with Crippen LogP contribution >= 0.6 is 0 Å². The Bertz CT molecular complexity index is 328. The monoisotopic (exact) mass is 193 g/mol. The first-order valence-electron chi connectivity index (χ1n) is 5.58. The van der Waals surface area contributed by atoms with Crippen LogP contribution in [0.25, 0.3) is 0 Å². The van der Waals surface area contributed by atoms with Gasteiger partial charge in [-0.15, -0.1) is 0 Å². The second kappa shape index (κ2) is 3.64. The Hall–Kier alpha value is -0.990. The fraction of sp³-hybridized carbons (Fsp3) is 0.727. The van der Waals surface area contributed by atoms with Crippen molar-refractivity contribution in [3.8, 4) is 0 Å². The maximum Gasteiger partial charge on any atom is 0.200 e. The van der Waals surface area contributed by atoms with Gasteiger partial charge in [0.15, 0.2) is 0 Å². The number of nitrogen functional groups attached to an aromatic ring is 1. The summed E-state index contributed by atoms with van der Waals surface area (Å²) < 4.78 is 2.21.